The molecule has 33 heavy (non-hydrogen) atoms. The summed E-state index contributed by atoms with van der Waals surface area (Å²) >= 11 is 0. The Kier molecular flexibility index (Phi) is 4.87. The van der Waals surface area contributed by atoms with Crippen molar-refractivity contribution in [2.24, 2.45) is 5.92 Å². The minimum Gasteiger partial charge on any atom is -0.358 e. The SMILES string of the molecule is C=C(Nc1cncc(-c2ccc3[nH]nc(-c4cc5ncccc5[nH]4)c3n2)c1)C1CCCCC1. The minimum atomic E-state index is 0.538. The van der Waals surface area contributed by atoms with Gasteiger partial charge in [0.25, 0.3) is 0 Å². The molecule has 0 saturated heterocycles. The van der Waals surface area contributed by atoms with Crippen LogP contribution in [-0.2, 0) is 0 Å². The second kappa shape index (κ2) is 8.16. The van der Waals surface area contributed by atoms with Gasteiger partial charge in [-0.05, 0) is 55.2 Å². The van der Waals surface area contributed by atoms with E-state index >= 15 is 0 Å². The topological polar surface area (TPSA) is 95.2 Å². The van der Waals surface area contributed by atoms with Gasteiger partial charge in [-0.25, -0.2) is 4.98 Å². The third-order valence-corrected chi connectivity index (χ3v) is 6.49. The van der Waals surface area contributed by atoms with Gasteiger partial charge in [-0.15, -0.1) is 0 Å². The van der Waals surface area contributed by atoms with E-state index in [1.54, 1.807) is 6.20 Å². The van der Waals surface area contributed by atoms with E-state index < -0.39 is 0 Å². The summed E-state index contributed by atoms with van der Waals surface area (Å²) in [5, 5.41) is 11.1. The zero-order valence-corrected chi connectivity index (χ0v) is 18.3. The molecule has 1 saturated carbocycles. The van der Waals surface area contributed by atoms with E-state index in [1.807, 2.05) is 42.7 Å². The molecule has 164 valence electrons. The van der Waals surface area contributed by atoms with Crippen LogP contribution in [-0.4, -0.2) is 30.1 Å². The molecule has 5 aromatic rings. The molecule has 5 heterocycles. The summed E-state index contributed by atoms with van der Waals surface area (Å²) in [5.41, 5.74) is 9.05. The molecular formula is C26H25N7. The number of rotatable bonds is 5. The average molecular weight is 436 g/mol. The first-order valence-corrected chi connectivity index (χ1v) is 11.4. The standard InChI is InChI=1S/C26H25N7/c1-16(17-6-3-2-4-7-17)29-19-12-18(14-27-15-19)20-9-10-22-25(31-20)26(33-32-22)24-13-23-21(30-24)8-5-11-28-23/h5,8-15,17,29-30H,1-4,6-7H2,(H,32,33). The number of pyridine rings is 3. The van der Waals surface area contributed by atoms with E-state index in [0.717, 1.165) is 56.1 Å². The lowest BCUT2D eigenvalue weighted by atomic mass is 9.87. The van der Waals surface area contributed by atoms with Crippen molar-refractivity contribution in [2.75, 3.05) is 5.32 Å². The van der Waals surface area contributed by atoms with Gasteiger partial charge in [0.2, 0.25) is 0 Å². The lowest BCUT2D eigenvalue weighted by Crippen LogP contribution is -2.14. The molecule has 0 atom stereocenters. The third kappa shape index (κ3) is 3.75. The van der Waals surface area contributed by atoms with Gasteiger partial charge in [0.1, 0.15) is 11.2 Å². The van der Waals surface area contributed by atoms with E-state index in [1.165, 1.54) is 32.1 Å². The number of nitrogens with zero attached hydrogens (tertiary/aromatic N) is 4. The molecule has 1 aliphatic rings. The normalized spacial score (nSPS) is 14.7. The number of H-pyrrole nitrogens is 2. The highest BCUT2D eigenvalue weighted by Gasteiger charge is 2.17. The Balaban J connectivity index is 1.32. The van der Waals surface area contributed by atoms with E-state index in [-0.39, 0.29) is 0 Å². The summed E-state index contributed by atoms with van der Waals surface area (Å²) in [6.07, 6.45) is 11.8. The largest absolute Gasteiger partial charge is 0.358 e. The fourth-order valence-electron chi connectivity index (χ4n) is 4.72. The van der Waals surface area contributed by atoms with Crippen LogP contribution in [0.1, 0.15) is 32.1 Å². The average Bonchev–Trinajstić information content (AvgIpc) is 3.48. The maximum Gasteiger partial charge on any atom is 0.135 e. The molecule has 0 bridgehead atoms. The quantitative estimate of drug-likeness (QED) is 0.311. The van der Waals surface area contributed by atoms with Gasteiger partial charge in [-0.3, -0.25) is 15.1 Å². The third-order valence-electron chi connectivity index (χ3n) is 6.49. The fraction of sp³-hybridized carbons (Fsp3) is 0.231. The molecule has 0 aliphatic heterocycles. The van der Waals surface area contributed by atoms with Crippen molar-refractivity contribution in [3.05, 3.63) is 67.3 Å². The number of fused-ring (bicyclic) bond motifs is 2. The zero-order valence-electron chi connectivity index (χ0n) is 18.3. The molecule has 0 radical (unpaired) electrons. The van der Waals surface area contributed by atoms with Crippen LogP contribution in [0, 0.1) is 5.92 Å². The van der Waals surface area contributed by atoms with Crippen LogP contribution in [0.4, 0.5) is 5.69 Å². The Bertz CT molecular complexity index is 1420. The van der Waals surface area contributed by atoms with Gasteiger partial charge >= 0.3 is 0 Å². The van der Waals surface area contributed by atoms with Crippen LogP contribution < -0.4 is 5.32 Å². The van der Waals surface area contributed by atoms with Crippen molar-refractivity contribution in [3.8, 4) is 22.6 Å². The van der Waals surface area contributed by atoms with Gasteiger partial charge in [0, 0.05) is 23.7 Å². The van der Waals surface area contributed by atoms with Gasteiger partial charge in [-0.2, -0.15) is 5.10 Å². The smallest absolute Gasteiger partial charge is 0.135 e. The van der Waals surface area contributed by atoms with Crippen molar-refractivity contribution in [3.63, 3.8) is 0 Å². The fourth-order valence-corrected chi connectivity index (χ4v) is 4.72. The van der Waals surface area contributed by atoms with Crippen molar-refractivity contribution in [1.82, 2.24) is 30.1 Å². The van der Waals surface area contributed by atoms with Crippen LogP contribution in [0.2, 0.25) is 0 Å². The lowest BCUT2D eigenvalue weighted by molar-refractivity contribution is 0.405. The first kappa shape index (κ1) is 19.7. The number of allylic oxidation sites excluding steroid dienone is 1. The van der Waals surface area contributed by atoms with Crippen molar-refractivity contribution in [2.45, 2.75) is 32.1 Å². The summed E-state index contributed by atoms with van der Waals surface area (Å²) < 4.78 is 0. The highest BCUT2D eigenvalue weighted by Crippen LogP contribution is 2.31. The van der Waals surface area contributed by atoms with E-state index in [9.17, 15) is 0 Å². The van der Waals surface area contributed by atoms with Gasteiger partial charge in [0.05, 0.1) is 39.8 Å². The number of hydrogen-bond acceptors (Lipinski definition) is 5. The molecule has 0 unspecified atom stereocenters. The van der Waals surface area contributed by atoms with Crippen molar-refractivity contribution < 1.29 is 0 Å². The second-order valence-corrected chi connectivity index (χ2v) is 8.73. The zero-order chi connectivity index (χ0) is 22.2. The van der Waals surface area contributed by atoms with Crippen LogP contribution in [0.5, 0.6) is 0 Å². The Morgan fingerprint density at radius 1 is 1.03 bits per heavy atom. The predicted molar refractivity (Wildman–Crippen MR) is 132 cm³/mol. The van der Waals surface area contributed by atoms with Crippen molar-refractivity contribution in [1.29, 1.82) is 0 Å². The molecule has 0 aromatic carbocycles. The van der Waals surface area contributed by atoms with Crippen LogP contribution in [0.25, 0.3) is 44.7 Å². The number of hydrogen-bond donors (Lipinski definition) is 3. The highest BCUT2D eigenvalue weighted by molar-refractivity contribution is 5.93. The first-order valence-electron chi connectivity index (χ1n) is 11.4. The molecule has 1 fully saturated rings. The predicted octanol–water partition coefficient (Wildman–Crippen LogP) is 6.07. The molecule has 3 N–H and O–H groups in total. The van der Waals surface area contributed by atoms with E-state index in [4.69, 9.17) is 4.98 Å². The lowest BCUT2D eigenvalue weighted by Gasteiger charge is -2.24. The van der Waals surface area contributed by atoms with Crippen molar-refractivity contribution >= 4 is 27.8 Å². The maximum atomic E-state index is 4.94. The maximum absolute atomic E-state index is 4.94. The van der Waals surface area contributed by atoms with Crippen LogP contribution in [0.15, 0.2) is 67.3 Å². The number of anilines is 1. The summed E-state index contributed by atoms with van der Waals surface area (Å²) in [6, 6.07) is 12.0. The molecule has 0 amide bonds. The van der Waals surface area contributed by atoms with E-state index in [0.29, 0.717) is 5.92 Å². The molecule has 1 aliphatic carbocycles. The molecule has 7 nitrogen and oxygen atoms in total. The summed E-state index contributed by atoms with van der Waals surface area (Å²) in [4.78, 5) is 17.2. The Morgan fingerprint density at radius 2 is 1.94 bits per heavy atom. The number of nitrogens with one attached hydrogen (secondary N) is 3. The molecule has 5 aromatic heterocycles. The monoisotopic (exact) mass is 435 g/mol. The highest BCUT2D eigenvalue weighted by atomic mass is 15.1. The summed E-state index contributed by atoms with van der Waals surface area (Å²) in [6.45, 7) is 4.30. The summed E-state index contributed by atoms with van der Waals surface area (Å²) in [7, 11) is 0. The number of aromatic nitrogens is 6. The van der Waals surface area contributed by atoms with Crippen LogP contribution in [0.3, 0.4) is 0 Å². The Morgan fingerprint density at radius 3 is 2.82 bits per heavy atom. The first-order chi connectivity index (χ1) is 16.2. The molecule has 6 rings (SSSR count). The van der Waals surface area contributed by atoms with Gasteiger partial charge in [-0.1, -0.05) is 25.8 Å². The van der Waals surface area contributed by atoms with Gasteiger partial charge < -0.3 is 10.3 Å². The van der Waals surface area contributed by atoms with E-state index in [2.05, 4.69) is 43.1 Å². The Labute approximate surface area is 191 Å². The second-order valence-electron chi connectivity index (χ2n) is 8.73. The van der Waals surface area contributed by atoms with Crippen LogP contribution >= 0.6 is 0 Å². The summed E-state index contributed by atoms with van der Waals surface area (Å²) in [5.74, 6) is 0.538. The molecule has 7 heteroatoms. The molecular weight excluding hydrogens is 410 g/mol. The van der Waals surface area contributed by atoms with Gasteiger partial charge in [0.15, 0.2) is 0 Å². The minimum absolute atomic E-state index is 0.538. The number of aromatic amines is 2. The Hall–Kier alpha value is -4.00. The molecule has 0 spiro atoms.